The Morgan fingerprint density at radius 2 is 2.00 bits per heavy atom. The third-order valence-corrected chi connectivity index (χ3v) is 4.52. The molecule has 0 atom stereocenters. The summed E-state index contributed by atoms with van der Waals surface area (Å²) in [5, 5.41) is 9.04. The van der Waals surface area contributed by atoms with Gasteiger partial charge in [0.2, 0.25) is 10.0 Å². The molecule has 2 rings (SSSR count). The van der Waals surface area contributed by atoms with Gasteiger partial charge >= 0.3 is 5.97 Å². The number of nitrogens with one attached hydrogen (secondary N) is 1. The zero-order valence-electron chi connectivity index (χ0n) is 11.3. The predicted molar refractivity (Wildman–Crippen MR) is 76.4 cm³/mol. The van der Waals surface area contributed by atoms with Crippen molar-refractivity contribution in [3.63, 3.8) is 0 Å². The first kappa shape index (κ1) is 15.1. The topological polar surface area (TPSA) is 96.4 Å². The van der Waals surface area contributed by atoms with Crippen LogP contribution in [0.5, 0.6) is 0 Å². The van der Waals surface area contributed by atoms with E-state index < -0.39 is 16.0 Å². The van der Waals surface area contributed by atoms with E-state index in [0.717, 1.165) is 0 Å². The van der Waals surface area contributed by atoms with Crippen LogP contribution in [0.3, 0.4) is 0 Å². The highest BCUT2D eigenvalue weighted by Crippen LogP contribution is 2.19. The maximum atomic E-state index is 12.3. The average Bonchev–Trinajstić information content (AvgIpc) is 2.46. The van der Waals surface area contributed by atoms with Gasteiger partial charge in [0.1, 0.15) is 0 Å². The summed E-state index contributed by atoms with van der Waals surface area (Å²) in [7, 11) is -3.80. The molecule has 1 aromatic heterocycles. The molecule has 0 amide bonds. The Bertz CT molecular complexity index is 758. The zero-order valence-corrected chi connectivity index (χ0v) is 12.1. The van der Waals surface area contributed by atoms with Gasteiger partial charge in [0, 0.05) is 6.20 Å². The molecule has 0 spiro atoms. The molecule has 0 aliphatic carbocycles. The normalized spacial score (nSPS) is 11.3. The van der Waals surface area contributed by atoms with Crippen LogP contribution in [-0.2, 0) is 16.6 Å². The van der Waals surface area contributed by atoms with Crippen molar-refractivity contribution in [1.82, 2.24) is 9.71 Å². The van der Waals surface area contributed by atoms with Crippen LogP contribution in [0.25, 0.3) is 0 Å². The second kappa shape index (κ2) is 6.02. The van der Waals surface area contributed by atoms with Crippen LogP contribution in [0.15, 0.2) is 47.5 Å². The molecule has 0 saturated heterocycles. The van der Waals surface area contributed by atoms with E-state index in [2.05, 4.69) is 9.71 Å². The van der Waals surface area contributed by atoms with Gasteiger partial charge in [-0.2, -0.15) is 0 Å². The number of aromatic nitrogens is 1. The molecule has 110 valence electrons. The summed E-state index contributed by atoms with van der Waals surface area (Å²) in [5.74, 6) is -1.16. The van der Waals surface area contributed by atoms with Crippen molar-refractivity contribution in [1.29, 1.82) is 0 Å². The number of rotatable bonds is 5. The molecular weight excluding hydrogens is 292 g/mol. The van der Waals surface area contributed by atoms with Crippen LogP contribution in [0, 0.1) is 6.92 Å². The number of sulfonamides is 1. The zero-order chi connectivity index (χ0) is 15.5. The second-order valence-corrected chi connectivity index (χ2v) is 6.11. The predicted octanol–water partition coefficient (Wildman–Crippen LogP) is 1.57. The Balaban J connectivity index is 2.28. The van der Waals surface area contributed by atoms with Crippen molar-refractivity contribution in [2.24, 2.45) is 0 Å². The molecule has 0 radical (unpaired) electrons. The monoisotopic (exact) mass is 306 g/mol. The van der Waals surface area contributed by atoms with Gasteiger partial charge in [-0.15, -0.1) is 0 Å². The molecule has 6 nitrogen and oxygen atoms in total. The third kappa shape index (κ3) is 3.45. The van der Waals surface area contributed by atoms with Gasteiger partial charge in [-0.1, -0.05) is 12.1 Å². The molecular formula is C14H14N2O4S. The second-order valence-electron chi connectivity index (χ2n) is 4.38. The first-order valence-corrected chi connectivity index (χ1v) is 7.62. The lowest BCUT2D eigenvalue weighted by Gasteiger charge is -2.10. The van der Waals surface area contributed by atoms with E-state index in [1.165, 1.54) is 25.1 Å². The number of pyridine rings is 1. The number of carboxylic acid groups (broad SMARTS) is 1. The first-order chi connectivity index (χ1) is 9.92. The maximum Gasteiger partial charge on any atom is 0.335 e. The van der Waals surface area contributed by atoms with Crippen LogP contribution in [0.4, 0.5) is 0 Å². The molecule has 0 aliphatic heterocycles. The molecule has 0 bridgehead atoms. The summed E-state index contributed by atoms with van der Waals surface area (Å²) in [5.41, 5.74) is 0.752. The molecule has 1 heterocycles. The van der Waals surface area contributed by atoms with E-state index in [1.807, 2.05) is 0 Å². The van der Waals surface area contributed by atoms with Crippen molar-refractivity contribution >= 4 is 16.0 Å². The summed E-state index contributed by atoms with van der Waals surface area (Å²) < 4.78 is 27.0. The number of aromatic carboxylic acids is 1. The van der Waals surface area contributed by atoms with Gasteiger partial charge < -0.3 is 5.11 Å². The van der Waals surface area contributed by atoms with E-state index in [1.54, 1.807) is 24.4 Å². The van der Waals surface area contributed by atoms with Crippen LogP contribution >= 0.6 is 0 Å². The van der Waals surface area contributed by atoms with Crippen LogP contribution in [-0.4, -0.2) is 24.5 Å². The number of hydrogen-bond acceptors (Lipinski definition) is 4. The van der Waals surface area contributed by atoms with Gasteiger partial charge in [0.15, 0.2) is 0 Å². The van der Waals surface area contributed by atoms with Crippen molar-refractivity contribution in [3.8, 4) is 0 Å². The molecule has 0 saturated carbocycles. The van der Waals surface area contributed by atoms with Gasteiger partial charge in [0.25, 0.3) is 0 Å². The maximum absolute atomic E-state index is 12.3. The molecule has 21 heavy (non-hydrogen) atoms. The largest absolute Gasteiger partial charge is 0.478 e. The summed E-state index contributed by atoms with van der Waals surface area (Å²) in [6, 6.07) is 9.35. The molecule has 2 aromatic rings. The van der Waals surface area contributed by atoms with Gasteiger partial charge in [-0.3, -0.25) is 4.98 Å². The molecule has 0 unspecified atom stereocenters. The lowest BCUT2D eigenvalue weighted by molar-refractivity contribution is 0.0696. The minimum atomic E-state index is -3.80. The molecule has 7 heteroatoms. The van der Waals surface area contributed by atoms with E-state index >= 15 is 0 Å². The van der Waals surface area contributed by atoms with Gasteiger partial charge in [-0.25, -0.2) is 17.9 Å². The van der Waals surface area contributed by atoms with E-state index in [0.29, 0.717) is 5.69 Å². The van der Waals surface area contributed by atoms with Crippen molar-refractivity contribution in [3.05, 3.63) is 59.4 Å². The fourth-order valence-electron chi connectivity index (χ4n) is 1.89. The summed E-state index contributed by atoms with van der Waals surface area (Å²) >= 11 is 0. The standard InChI is InChI=1S/C14H14N2O4S/c1-10-12(14(17)18)6-4-7-13(10)21(19,20)16-9-11-5-2-3-8-15-11/h2-8,16H,9H2,1H3,(H,17,18). The van der Waals surface area contributed by atoms with E-state index in [4.69, 9.17) is 5.11 Å². The number of carbonyl (C=O) groups is 1. The highest BCUT2D eigenvalue weighted by Gasteiger charge is 2.20. The van der Waals surface area contributed by atoms with Crippen molar-refractivity contribution in [2.75, 3.05) is 0 Å². The Morgan fingerprint density at radius 3 is 2.62 bits per heavy atom. The molecule has 1 aromatic carbocycles. The highest BCUT2D eigenvalue weighted by atomic mass is 32.2. The number of hydrogen-bond donors (Lipinski definition) is 2. The summed E-state index contributed by atoms with van der Waals surface area (Å²) in [4.78, 5) is 15.0. The van der Waals surface area contributed by atoms with Gasteiger partial charge in [-0.05, 0) is 36.8 Å². The minimum absolute atomic E-state index is 0.0317. The smallest absolute Gasteiger partial charge is 0.335 e. The average molecular weight is 306 g/mol. The fourth-order valence-corrected chi connectivity index (χ4v) is 3.15. The first-order valence-electron chi connectivity index (χ1n) is 6.14. The molecule has 2 N–H and O–H groups in total. The SMILES string of the molecule is Cc1c(C(=O)O)cccc1S(=O)(=O)NCc1ccccn1. The van der Waals surface area contributed by atoms with E-state index in [-0.39, 0.29) is 22.6 Å². The van der Waals surface area contributed by atoms with Crippen LogP contribution < -0.4 is 4.72 Å². The van der Waals surface area contributed by atoms with Gasteiger partial charge in [0.05, 0.1) is 22.7 Å². The Labute approximate surface area is 122 Å². The van der Waals surface area contributed by atoms with E-state index in [9.17, 15) is 13.2 Å². The van der Waals surface area contributed by atoms with Crippen molar-refractivity contribution < 1.29 is 18.3 Å². The Kier molecular flexibility index (Phi) is 4.35. The lowest BCUT2D eigenvalue weighted by Crippen LogP contribution is -2.25. The number of carboxylic acids is 1. The summed E-state index contributed by atoms with van der Waals surface area (Å²) in [6.07, 6.45) is 1.57. The Morgan fingerprint density at radius 1 is 1.24 bits per heavy atom. The molecule has 0 aliphatic rings. The van der Waals surface area contributed by atoms with Crippen molar-refractivity contribution in [2.45, 2.75) is 18.4 Å². The van der Waals surface area contributed by atoms with Crippen LogP contribution in [0.1, 0.15) is 21.6 Å². The Hall–Kier alpha value is -2.25. The quantitative estimate of drug-likeness (QED) is 0.874. The number of benzene rings is 1. The highest BCUT2D eigenvalue weighted by molar-refractivity contribution is 7.89. The molecule has 0 fully saturated rings. The lowest BCUT2D eigenvalue weighted by atomic mass is 10.1. The summed E-state index contributed by atoms with van der Waals surface area (Å²) in [6.45, 7) is 1.51. The minimum Gasteiger partial charge on any atom is -0.478 e. The van der Waals surface area contributed by atoms with Crippen LogP contribution in [0.2, 0.25) is 0 Å². The number of nitrogens with zero attached hydrogens (tertiary/aromatic N) is 1. The third-order valence-electron chi connectivity index (χ3n) is 2.97. The fraction of sp³-hybridized carbons (Fsp3) is 0.143.